The van der Waals surface area contributed by atoms with Gasteiger partial charge in [0.05, 0.1) is 0 Å². The van der Waals surface area contributed by atoms with E-state index in [0.29, 0.717) is 22.7 Å². The van der Waals surface area contributed by atoms with E-state index in [-0.39, 0.29) is 5.91 Å². The summed E-state index contributed by atoms with van der Waals surface area (Å²) in [4.78, 5) is 14.4. The highest BCUT2D eigenvalue weighted by molar-refractivity contribution is 6.30. The molecule has 92 valence electrons. The molecule has 2 nitrogen and oxygen atoms in total. The summed E-state index contributed by atoms with van der Waals surface area (Å²) < 4.78 is 0. The molecule has 0 spiro atoms. The third kappa shape index (κ3) is 2.63. The van der Waals surface area contributed by atoms with Crippen LogP contribution in [0, 0.1) is 0 Å². The smallest absolute Gasteiger partial charge is 0.254 e. The number of benzene rings is 1. The quantitative estimate of drug-likeness (QED) is 0.745. The highest BCUT2D eigenvalue weighted by Gasteiger charge is 2.29. The zero-order valence-electron chi connectivity index (χ0n) is 10.3. The molecule has 1 saturated heterocycles. The van der Waals surface area contributed by atoms with Gasteiger partial charge >= 0.3 is 0 Å². The van der Waals surface area contributed by atoms with E-state index in [1.54, 1.807) is 12.1 Å². The van der Waals surface area contributed by atoms with Crippen LogP contribution in [0.5, 0.6) is 0 Å². The van der Waals surface area contributed by atoms with Crippen LogP contribution in [-0.2, 0) is 0 Å². The van der Waals surface area contributed by atoms with Crippen LogP contribution in [0.1, 0.15) is 43.5 Å². The molecular weight excluding hydrogens is 234 g/mol. The van der Waals surface area contributed by atoms with Crippen LogP contribution in [0.4, 0.5) is 0 Å². The van der Waals surface area contributed by atoms with Crippen molar-refractivity contribution in [3.05, 3.63) is 34.9 Å². The summed E-state index contributed by atoms with van der Waals surface area (Å²) >= 11 is 5.93. The third-order valence-electron chi connectivity index (χ3n) is 3.50. The van der Waals surface area contributed by atoms with Crippen LogP contribution in [0.15, 0.2) is 24.3 Å². The first-order valence-corrected chi connectivity index (χ1v) is 6.55. The van der Waals surface area contributed by atoms with Crippen LogP contribution < -0.4 is 0 Å². The monoisotopic (exact) mass is 251 g/mol. The second-order valence-corrected chi connectivity index (χ2v) is 5.29. The lowest BCUT2D eigenvalue weighted by Crippen LogP contribution is -2.47. The molecule has 1 aliphatic heterocycles. The van der Waals surface area contributed by atoms with Gasteiger partial charge in [-0.3, -0.25) is 4.79 Å². The predicted octanol–water partition coefficient (Wildman–Crippen LogP) is 3.74. The van der Waals surface area contributed by atoms with Crippen LogP contribution in [-0.4, -0.2) is 22.9 Å². The van der Waals surface area contributed by atoms with Crippen LogP contribution in [0.25, 0.3) is 0 Å². The lowest BCUT2D eigenvalue weighted by molar-refractivity contribution is 0.0511. The molecule has 0 radical (unpaired) electrons. The topological polar surface area (TPSA) is 20.3 Å². The first kappa shape index (κ1) is 12.4. The summed E-state index contributed by atoms with van der Waals surface area (Å²) in [6, 6.07) is 7.85. The average molecular weight is 252 g/mol. The van der Waals surface area contributed by atoms with Crippen molar-refractivity contribution in [3.8, 4) is 0 Å². The Morgan fingerprint density at radius 3 is 2.53 bits per heavy atom. The number of nitrogens with zero attached hydrogens (tertiary/aromatic N) is 1. The molecule has 17 heavy (non-hydrogen) atoms. The fraction of sp³-hybridized carbons (Fsp3) is 0.500. The van der Waals surface area contributed by atoms with E-state index in [0.717, 1.165) is 12.8 Å². The minimum atomic E-state index is 0.104. The SMILES string of the molecule is CC1CCCC(C)N1C(=O)c1cccc(Cl)c1. The first-order chi connectivity index (χ1) is 8.09. The third-order valence-corrected chi connectivity index (χ3v) is 3.73. The van der Waals surface area contributed by atoms with Crippen molar-refractivity contribution in [3.63, 3.8) is 0 Å². The molecule has 2 unspecified atom stereocenters. The molecule has 1 aromatic rings. The van der Waals surface area contributed by atoms with Crippen molar-refractivity contribution in [2.24, 2.45) is 0 Å². The molecular formula is C14H18ClNO. The second kappa shape index (κ2) is 5.09. The maximum atomic E-state index is 12.4. The van der Waals surface area contributed by atoms with E-state index in [9.17, 15) is 4.79 Å². The van der Waals surface area contributed by atoms with Crippen molar-refractivity contribution in [1.29, 1.82) is 0 Å². The van der Waals surface area contributed by atoms with E-state index in [2.05, 4.69) is 13.8 Å². The zero-order chi connectivity index (χ0) is 12.4. The molecule has 0 bridgehead atoms. The number of carbonyl (C=O) groups is 1. The van der Waals surface area contributed by atoms with Gasteiger partial charge in [0.15, 0.2) is 0 Å². The first-order valence-electron chi connectivity index (χ1n) is 6.18. The zero-order valence-corrected chi connectivity index (χ0v) is 11.1. The van der Waals surface area contributed by atoms with Gasteiger partial charge in [0.1, 0.15) is 0 Å². The molecule has 1 aliphatic rings. The molecule has 2 rings (SSSR count). The van der Waals surface area contributed by atoms with E-state index in [1.807, 2.05) is 17.0 Å². The summed E-state index contributed by atoms with van der Waals surface area (Å²) in [6.07, 6.45) is 3.40. The Kier molecular flexibility index (Phi) is 3.72. The molecule has 0 aliphatic carbocycles. The van der Waals surface area contributed by atoms with Crippen molar-refractivity contribution in [2.75, 3.05) is 0 Å². The minimum Gasteiger partial charge on any atom is -0.333 e. The number of halogens is 1. The number of amides is 1. The number of rotatable bonds is 1. The van der Waals surface area contributed by atoms with Crippen molar-refractivity contribution in [2.45, 2.75) is 45.2 Å². The molecule has 1 aromatic carbocycles. The lowest BCUT2D eigenvalue weighted by atomic mass is 9.96. The van der Waals surface area contributed by atoms with Gasteiger partial charge in [0.2, 0.25) is 0 Å². The number of likely N-dealkylation sites (tertiary alicyclic amines) is 1. The van der Waals surface area contributed by atoms with Crippen molar-refractivity contribution >= 4 is 17.5 Å². The number of hydrogen-bond acceptors (Lipinski definition) is 1. The predicted molar refractivity (Wildman–Crippen MR) is 70.4 cm³/mol. The van der Waals surface area contributed by atoms with Gasteiger partial charge in [0.25, 0.3) is 5.91 Å². The molecule has 1 amide bonds. The summed E-state index contributed by atoms with van der Waals surface area (Å²) in [6.45, 7) is 4.25. The normalized spacial score (nSPS) is 24.8. The van der Waals surface area contributed by atoms with Gasteiger partial charge in [-0.15, -0.1) is 0 Å². The molecule has 3 heteroatoms. The van der Waals surface area contributed by atoms with Gasteiger partial charge in [-0.2, -0.15) is 0 Å². The molecule has 0 saturated carbocycles. The molecule has 2 atom stereocenters. The Morgan fingerprint density at radius 1 is 1.29 bits per heavy atom. The Balaban J connectivity index is 2.24. The van der Waals surface area contributed by atoms with Crippen LogP contribution in [0.2, 0.25) is 5.02 Å². The van der Waals surface area contributed by atoms with E-state index in [1.165, 1.54) is 6.42 Å². The molecule has 0 N–H and O–H groups in total. The molecule has 0 aromatic heterocycles. The Bertz CT molecular complexity index is 408. The summed E-state index contributed by atoms with van der Waals surface area (Å²) in [5, 5.41) is 0.619. The van der Waals surface area contributed by atoms with Crippen molar-refractivity contribution in [1.82, 2.24) is 4.90 Å². The standard InChI is InChI=1S/C14H18ClNO/c1-10-5-3-6-11(2)16(10)14(17)12-7-4-8-13(15)9-12/h4,7-11H,3,5-6H2,1-2H3. The maximum Gasteiger partial charge on any atom is 0.254 e. The van der Waals surface area contributed by atoms with Gasteiger partial charge in [-0.25, -0.2) is 0 Å². The summed E-state index contributed by atoms with van der Waals surface area (Å²) in [5.41, 5.74) is 0.693. The van der Waals surface area contributed by atoms with Crippen molar-refractivity contribution < 1.29 is 4.79 Å². The van der Waals surface area contributed by atoms with Crippen LogP contribution >= 0.6 is 11.6 Å². The molecule has 1 heterocycles. The molecule has 1 fully saturated rings. The average Bonchev–Trinajstić information content (AvgIpc) is 2.28. The highest BCUT2D eigenvalue weighted by Crippen LogP contribution is 2.25. The Labute approximate surface area is 108 Å². The maximum absolute atomic E-state index is 12.4. The number of hydrogen-bond donors (Lipinski definition) is 0. The highest BCUT2D eigenvalue weighted by atomic mass is 35.5. The largest absolute Gasteiger partial charge is 0.333 e. The summed E-state index contributed by atoms with van der Waals surface area (Å²) in [7, 11) is 0. The van der Waals surface area contributed by atoms with Gasteiger partial charge in [-0.1, -0.05) is 17.7 Å². The van der Waals surface area contributed by atoms with E-state index in [4.69, 9.17) is 11.6 Å². The fourth-order valence-electron chi connectivity index (χ4n) is 2.59. The summed E-state index contributed by atoms with van der Waals surface area (Å²) in [5.74, 6) is 0.104. The number of piperidine rings is 1. The lowest BCUT2D eigenvalue weighted by Gasteiger charge is -2.39. The van der Waals surface area contributed by atoms with Gasteiger partial charge < -0.3 is 4.90 Å². The minimum absolute atomic E-state index is 0.104. The van der Waals surface area contributed by atoms with E-state index >= 15 is 0 Å². The fourth-order valence-corrected chi connectivity index (χ4v) is 2.78. The van der Waals surface area contributed by atoms with E-state index < -0.39 is 0 Å². The Hall–Kier alpha value is -1.02. The Morgan fingerprint density at radius 2 is 1.94 bits per heavy atom. The van der Waals surface area contributed by atoms with Gasteiger partial charge in [0, 0.05) is 22.7 Å². The van der Waals surface area contributed by atoms with Crippen LogP contribution in [0.3, 0.4) is 0 Å². The second-order valence-electron chi connectivity index (χ2n) is 4.85. The van der Waals surface area contributed by atoms with Gasteiger partial charge in [-0.05, 0) is 51.3 Å². The number of carbonyl (C=O) groups excluding carboxylic acids is 1.